The van der Waals surface area contributed by atoms with Crippen LogP contribution in [0.2, 0.25) is 0 Å². The lowest BCUT2D eigenvalue weighted by Crippen LogP contribution is -2.46. The molecule has 1 aliphatic heterocycles. The number of hydrogen-bond acceptors (Lipinski definition) is 6. The van der Waals surface area contributed by atoms with Crippen molar-refractivity contribution in [2.75, 3.05) is 18.0 Å². The van der Waals surface area contributed by atoms with Crippen molar-refractivity contribution in [1.82, 2.24) is 9.47 Å². The molecule has 1 aromatic heterocycles. The highest BCUT2D eigenvalue weighted by Crippen LogP contribution is 2.36. The van der Waals surface area contributed by atoms with E-state index in [1.807, 2.05) is 0 Å². The summed E-state index contributed by atoms with van der Waals surface area (Å²) in [7, 11) is -4.52. The molecular formula is C25H23F5N3O8P. The summed E-state index contributed by atoms with van der Waals surface area (Å²) in [5, 5.41) is -0.123. The number of ketones is 1. The van der Waals surface area contributed by atoms with Gasteiger partial charge in [0.05, 0.1) is 17.7 Å². The number of carbonyl (C=O) groups excluding carboxylic acids is 3. The van der Waals surface area contributed by atoms with E-state index in [2.05, 4.69) is 4.74 Å². The molecule has 2 atom stereocenters. The molecule has 0 bridgehead atoms. The smallest absolute Gasteiger partial charge is 0.481 e. The van der Waals surface area contributed by atoms with Crippen molar-refractivity contribution in [2.45, 2.75) is 38.5 Å². The number of likely N-dealkylation sites (tertiary alicyclic amines) is 1. The van der Waals surface area contributed by atoms with Crippen LogP contribution in [-0.2, 0) is 20.7 Å². The van der Waals surface area contributed by atoms with Crippen molar-refractivity contribution in [3.05, 3.63) is 54.2 Å². The topological polar surface area (TPSA) is 139 Å². The number of ether oxygens (including phenoxy) is 2. The highest BCUT2D eigenvalue weighted by atomic mass is 31.2. The van der Waals surface area contributed by atoms with E-state index in [0.29, 0.717) is 11.5 Å². The molecule has 0 unspecified atom stereocenters. The average Bonchev–Trinajstić information content (AvgIpc) is 3.46. The highest BCUT2D eigenvalue weighted by Gasteiger charge is 2.42. The number of fused-ring (bicyclic) bond motifs is 1. The third kappa shape index (κ3) is 7.24. The Balaban J connectivity index is 1.58. The fourth-order valence-electron chi connectivity index (χ4n) is 4.52. The molecule has 0 radical (unpaired) electrons. The number of rotatable bonds is 9. The first-order valence-electron chi connectivity index (χ1n) is 12.1. The maximum atomic E-state index is 15.1. The van der Waals surface area contributed by atoms with Gasteiger partial charge in [-0.05, 0) is 31.2 Å². The molecule has 4 rings (SSSR count). The van der Waals surface area contributed by atoms with Crippen LogP contribution in [0.4, 0.5) is 27.7 Å². The van der Waals surface area contributed by atoms with Crippen LogP contribution in [0, 0.1) is 0 Å². The molecule has 42 heavy (non-hydrogen) atoms. The molecule has 1 aliphatic rings. The second-order valence-electron chi connectivity index (χ2n) is 9.40. The number of Topliss-reactive ketones (excluding diaryl/α,β-unsaturated/α-hetero) is 1. The average molecular weight is 619 g/mol. The van der Waals surface area contributed by atoms with Crippen LogP contribution >= 0.6 is 7.60 Å². The van der Waals surface area contributed by atoms with Gasteiger partial charge in [0.2, 0.25) is 5.91 Å². The van der Waals surface area contributed by atoms with Crippen molar-refractivity contribution < 1.29 is 60.3 Å². The summed E-state index contributed by atoms with van der Waals surface area (Å²) in [6.07, 6.45) is -6.96. The third-order valence-electron chi connectivity index (χ3n) is 6.26. The highest BCUT2D eigenvalue weighted by molar-refractivity contribution is 7.51. The largest absolute Gasteiger partial charge is 0.573 e. The van der Waals surface area contributed by atoms with Crippen molar-refractivity contribution >= 4 is 41.8 Å². The van der Waals surface area contributed by atoms with Gasteiger partial charge in [0.25, 0.3) is 5.91 Å². The first kappa shape index (κ1) is 30.9. The van der Waals surface area contributed by atoms with Crippen molar-refractivity contribution in [3.63, 3.8) is 0 Å². The van der Waals surface area contributed by atoms with Crippen LogP contribution < -0.4 is 14.6 Å². The van der Waals surface area contributed by atoms with E-state index in [9.17, 15) is 36.5 Å². The maximum absolute atomic E-state index is 15.1. The molecule has 0 saturated carbocycles. The van der Waals surface area contributed by atoms with Gasteiger partial charge >= 0.3 is 14.0 Å². The molecule has 2 aromatic carbocycles. The van der Waals surface area contributed by atoms with E-state index in [1.165, 1.54) is 35.9 Å². The molecule has 1 fully saturated rings. The normalized spacial score (nSPS) is 17.4. The second kappa shape index (κ2) is 11.7. The Morgan fingerprint density at radius 2 is 1.83 bits per heavy atom. The van der Waals surface area contributed by atoms with Gasteiger partial charge in [-0.3, -0.25) is 18.9 Å². The van der Waals surface area contributed by atoms with Gasteiger partial charge < -0.3 is 28.7 Å². The summed E-state index contributed by atoms with van der Waals surface area (Å²) >= 11 is 0. The molecule has 3 aromatic rings. The molecule has 0 aliphatic carbocycles. The van der Waals surface area contributed by atoms with Crippen LogP contribution in [0.25, 0.3) is 10.9 Å². The summed E-state index contributed by atoms with van der Waals surface area (Å²) in [5.74, 6) is -3.41. The first-order valence-corrected chi connectivity index (χ1v) is 13.9. The number of hydrogen-bond donors (Lipinski definition) is 2. The minimum Gasteiger partial charge on any atom is -0.481 e. The van der Waals surface area contributed by atoms with E-state index >= 15 is 4.48 Å². The van der Waals surface area contributed by atoms with Crippen LogP contribution in [-0.4, -0.2) is 68.3 Å². The fourth-order valence-corrected chi connectivity index (χ4v) is 4.84. The lowest BCUT2D eigenvalue weighted by molar-refractivity contribution is -0.274. The lowest BCUT2D eigenvalue weighted by atomic mass is 10.1. The van der Waals surface area contributed by atoms with Crippen LogP contribution in [0.15, 0.2) is 48.7 Å². The van der Waals surface area contributed by atoms with Gasteiger partial charge in [-0.25, -0.2) is 4.39 Å². The lowest BCUT2D eigenvalue weighted by Gasteiger charge is -2.26. The van der Waals surface area contributed by atoms with E-state index in [0.717, 1.165) is 23.1 Å². The van der Waals surface area contributed by atoms with Gasteiger partial charge in [-0.1, -0.05) is 10.5 Å². The Bertz CT molecular complexity index is 1570. The van der Waals surface area contributed by atoms with E-state index in [4.69, 9.17) is 14.5 Å². The van der Waals surface area contributed by atoms with Crippen molar-refractivity contribution in [2.24, 2.45) is 0 Å². The first-order chi connectivity index (χ1) is 19.5. The Kier molecular flexibility index (Phi) is 8.62. The zero-order valence-corrected chi connectivity index (χ0v) is 22.5. The maximum Gasteiger partial charge on any atom is 0.573 e. The number of anilines is 1. The standard InChI is InChI=1S/C25H23F5N3O8P/c1-14(34)20-11-31(21-9-17(5-6-19(20)21)40-13-42(37,38)39)12-23(35)32-10-15(26)7-22(32)24(36)33(30)16-3-2-4-18(8-16)41-25(27,28)29/h2-6,8-9,11,15,22H,7,10,12-13H2,1H3,(H2,37,38,39)/t15-,22+/m1/s1. The fraction of sp³-hybridized carbons (Fsp3) is 0.320. The molecule has 17 heteroatoms. The summed E-state index contributed by atoms with van der Waals surface area (Å²) in [6.45, 7) is 0.145. The number of aromatic nitrogens is 1. The SMILES string of the molecule is CC(=O)c1cn(CC(=O)N2C[C@H](F)C[C@H]2C(=O)N(F)c2cccc(OC(F)(F)F)c2)c2cc(OCP(=O)(O)O)ccc12. The predicted molar refractivity (Wildman–Crippen MR) is 136 cm³/mol. The molecular weight excluding hydrogens is 596 g/mol. The van der Waals surface area contributed by atoms with Gasteiger partial charge in [0, 0.05) is 35.7 Å². The zero-order valence-electron chi connectivity index (χ0n) is 21.6. The number of halogens is 5. The van der Waals surface area contributed by atoms with Crippen molar-refractivity contribution in [3.8, 4) is 11.5 Å². The molecule has 226 valence electrons. The molecule has 2 N–H and O–H groups in total. The van der Waals surface area contributed by atoms with Crippen LogP contribution in [0.5, 0.6) is 11.5 Å². The number of carbonyl (C=O) groups is 3. The van der Waals surface area contributed by atoms with Gasteiger partial charge in [-0.15, -0.1) is 18.3 Å². The molecule has 2 amide bonds. The summed E-state index contributed by atoms with van der Waals surface area (Å²) < 4.78 is 88.4. The third-order valence-corrected chi connectivity index (χ3v) is 6.73. The zero-order chi connectivity index (χ0) is 31.0. The molecule has 11 nitrogen and oxygen atoms in total. The monoisotopic (exact) mass is 619 g/mol. The minimum atomic E-state index is -5.07. The minimum absolute atomic E-state index is 0.00980. The van der Waals surface area contributed by atoms with Crippen LogP contribution in [0.3, 0.4) is 0 Å². The second-order valence-corrected chi connectivity index (χ2v) is 11.0. The van der Waals surface area contributed by atoms with E-state index in [-0.39, 0.29) is 22.6 Å². The number of benzene rings is 2. The van der Waals surface area contributed by atoms with Crippen molar-refractivity contribution in [1.29, 1.82) is 0 Å². The predicted octanol–water partition coefficient (Wildman–Crippen LogP) is 4.11. The van der Waals surface area contributed by atoms with E-state index in [1.54, 1.807) is 0 Å². The van der Waals surface area contributed by atoms with Gasteiger partial charge in [0.1, 0.15) is 30.3 Å². The van der Waals surface area contributed by atoms with Crippen LogP contribution in [0.1, 0.15) is 23.7 Å². The molecule has 1 saturated heterocycles. The summed E-state index contributed by atoms with van der Waals surface area (Å²) in [6, 6.07) is 5.99. The van der Waals surface area contributed by atoms with E-state index < -0.39 is 80.4 Å². The Labute approximate surface area is 234 Å². The number of amides is 2. The Morgan fingerprint density at radius 1 is 1.12 bits per heavy atom. The summed E-state index contributed by atoms with van der Waals surface area (Å²) in [4.78, 5) is 57.4. The van der Waals surface area contributed by atoms with Gasteiger partial charge in [0.15, 0.2) is 12.1 Å². The number of alkyl halides is 4. The molecule has 2 heterocycles. The number of nitrogens with zero attached hydrogens (tertiary/aromatic N) is 3. The Hall–Kier alpha value is -4.01. The Morgan fingerprint density at radius 3 is 2.48 bits per heavy atom. The van der Waals surface area contributed by atoms with Gasteiger partial charge in [-0.2, -0.15) is 0 Å². The molecule has 0 spiro atoms. The quantitative estimate of drug-likeness (QED) is 0.158. The summed E-state index contributed by atoms with van der Waals surface area (Å²) in [5.41, 5.74) is -0.210.